The Kier molecular flexibility index (Phi) is 7.91. The third-order valence-corrected chi connectivity index (χ3v) is 6.84. The van der Waals surface area contributed by atoms with Crippen LogP contribution in [0.4, 0.5) is 11.4 Å². The van der Waals surface area contributed by atoms with Gasteiger partial charge in [-0.3, -0.25) is 19.7 Å². The van der Waals surface area contributed by atoms with Crippen LogP contribution in [0.1, 0.15) is 63.5 Å². The van der Waals surface area contributed by atoms with Gasteiger partial charge in [0.05, 0.1) is 29.0 Å². The Bertz CT molecular complexity index is 1010. The number of nitro benzene ring substituents is 1. The van der Waals surface area contributed by atoms with E-state index in [0.717, 1.165) is 55.3 Å². The van der Waals surface area contributed by atoms with E-state index in [0.29, 0.717) is 13.2 Å². The van der Waals surface area contributed by atoms with Gasteiger partial charge in [-0.05, 0) is 62.8 Å². The Balaban J connectivity index is 0.000000192. The lowest BCUT2D eigenvalue weighted by atomic mass is 9.64. The molecule has 8 heteroatoms. The first-order valence-electron chi connectivity index (χ1n) is 11.7. The summed E-state index contributed by atoms with van der Waals surface area (Å²) in [5.74, 6) is -0.309. The first-order valence-corrected chi connectivity index (χ1v) is 11.7. The zero-order chi connectivity index (χ0) is 24.8. The molecule has 0 radical (unpaired) electrons. The van der Waals surface area contributed by atoms with Crippen molar-refractivity contribution >= 4 is 23.3 Å². The van der Waals surface area contributed by atoms with Crippen molar-refractivity contribution in [2.45, 2.75) is 63.2 Å². The van der Waals surface area contributed by atoms with Crippen LogP contribution in [0.2, 0.25) is 0 Å². The third-order valence-electron chi connectivity index (χ3n) is 6.84. The first kappa shape index (κ1) is 25.2. The molecule has 0 bridgehead atoms. The number of esters is 2. The predicted octanol–water partition coefficient (Wildman–Crippen LogP) is 4.83. The molecule has 2 aliphatic rings. The van der Waals surface area contributed by atoms with Crippen LogP contribution in [0, 0.1) is 10.1 Å². The van der Waals surface area contributed by atoms with Crippen molar-refractivity contribution in [3.05, 3.63) is 69.8 Å². The molecule has 0 spiro atoms. The number of hydrogen-bond acceptors (Lipinski definition) is 7. The van der Waals surface area contributed by atoms with Gasteiger partial charge < -0.3 is 15.2 Å². The largest absolute Gasteiger partial charge is 0.465 e. The fourth-order valence-electron chi connectivity index (χ4n) is 4.52. The quantitative estimate of drug-likeness (QED) is 0.267. The number of nitro groups is 1. The Hall–Kier alpha value is -3.42. The van der Waals surface area contributed by atoms with E-state index in [4.69, 9.17) is 15.2 Å². The highest BCUT2D eigenvalue weighted by atomic mass is 16.6. The standard InChI is InChI=1S/C13H15NO4.C13H17NO2/c1-2-18-12(15)13(8-3-9-13)10-4-6-11(7-5-10)14(16)17;1-2-16-12(15)13(8-3-9-13)10-4-6-11(14)7-5-10/h4-7H,2-3,8-9H2,1H3;4-7H,2-3,8-9,14H2,1H3. The first-order chi connectivity index (χ1) is 16.3. The zero-order valence-corrected chi connectivity index (χ0v) is 19.7. The number of non-ortho nitro benzene ring substituents is 1. The van der Waals surface area contributed by atoms with Gasteiger partial charge in [-0.15, -0.1) is 0 Å². The molecule has 2 aliphatic carbocycles. The van der Waals surface area contributed by atoms with Gasteiger partial charge in [0.15, 0.2) is 0 Å². The topological polar surface area (TPSA) is 122 Å². The van der Waals surface area contributed by atoms with Crippen LogP contribution in [-0.2, 0) is 29.9 Å². The van der Waals surface area contributed by atoms with Crippen LogP contribution in [0.25, 0.3) is 0 Å². The van der Waals surface area contributed by atoms with E-state index in [1.54, 1.807) is 19.1 Å². The van der Waals surface area contributed by atoms with E-state index in [1.807, 2.05) is 31.2 Å². The Morgan fingerprint density at radius 2 is 1.21 bits per heavy atom. The number of nitrogens with two attached hydrogens (primary N) is 1. The molecule has 2 fully saturated rings. The maximum atomic E-state index is 12.0. The van der Waals surface area contributed by atoms with Crippen molar-refractivity contribution in [2.75, 3.05) is 18.9 Å². The van der Waals surface area contributed by atoms with E-state index < -0.39 is 15.8 Å². The fraction of sp³-hybridized carbons (Fsp3) is 0.462. The highest BCUT2D eigenvalue weighted by Gasteiger charge is 2.47. The molecular formula is C26H32N2O6. The minimum absolute atomic E-state index is 0.0390. The smallest absolute Gasteiger partial charge is 0.316 e. The van der Waals surface area contributed by atoms with Crippen LogP contribution in [0.3, 0.4) is 0 Å². The molecule has 0 atom stereocenters. The molecule has 34 heavy (non-hydrogen) atoms. The molecule has 0 aliphatic heterocycles. The predicted molar refractivity (Wildman–Crippen MR) is 128 cm³/mol. The molecule has 0 amide bonds. The lowest BCUT2D eigenvalue weighted by Gasteiger charge is -2.39. The number of rotatable bonds is 7. The van der Waals surface area contributed by atoms with E-state index in [-0.39, 0.29) is 17.6 Å². The van der Waals surface area contributed by atoms with E-state index >= 15 is 0 Å². The molecule has 2 aromatic rings. The molecule has 182 valence electrons. The van der Waals surface area contributed by atoms with E-state index in [9.17, 15) is 19.7 Å². The monoisotopic (exact) mass is 468 g/mol. The Morgan fingerprint density at radius 1 is 0.824 bits per heavy atom. The average molecular weight is 469 g/mol. The summed E-state index contributed by atoms with van der Waals surface area (Å²) in [4.78, 5) is 34.1. The van der Waals surface area contributed by atoms with Crippen LogP contribution in [-0.4, -0.2) is 30.1 Å². The summed E-state index contributed by atoms with van der Waals surface area (Å²) in [6.45, 7) is 4.41. The van der Waals surface area contributed by atoms with Gasteiger partial charge in [-0.2, -0.15) is 0 Å². The summed E-state index contributed by atoms with van der Waals surface area (Å²) < 4.78 is 10.3. The van der Waals surface area contributed by atoms with Gasteiger partial charge in [-0.25, -0.2) is 0 Å². The summed E-state index contributed by atoms with van der Waals surface area (Å²) in [7, 11) is 0. The molecule has 2 aromatic carbocycles. The molecule has 2 saturated carbocycles. The minimum atomic E-state index is -0.578. The average Bonchev–Trinajstić information content (AvgIpc) is 2.75. The second-order valence-corrected chi connectivity index (χ2v) is 8.74. The molecule has 0 aromatic heterocycles. The lowest BCUT2D eigenvalue weighted by Crippen LogP contribution is -2.43. The van der Waals surface area contributed by atoms with Crippen molar-refractivity contribution in [1.82, 2.24) is 0 Å². The highest BCUT2D eigenvalue weighted by Crippen LogP contribution is 2.46. The van der Waals surface area contributed by atoms with Gasteiger partial charge in [0.25, 0.3) is 5.69 Å². The number of hydrogen-bond donors (Lipinski definition) is 1. The second-order valence-electron chi connectivity index (χ2n) is 8.74. The summed E-state index contributed by atoms with van der Waals surface area (Å²) in [6, 6.07) is 13.8. The normalized spacial score (nSPS) is 17.1. The maximum Gasteiger partial charge on any atom is 0.316 e. The van der Waals surface area contributed by atoms with Crippen LogP contribution >= 0.6 is 0 Å². The van der Waals surface area contributed by atoms with Crippen molar-refractivity contribution in [2.24, 2.45) is 0 Å². The van der Waals surface area contributed by atoms with Crippen molar-refractivity contribution in [3.8, 4) is 0 Å². The number of carbonyl (C=O) groups excluding carboxylic acids is 2. The summed E-state index contributed by atoms with van der Waals surface area (Å²) >= 11 is 0. The van der Waals surface area contributed by atoms with Crippen LogP contribution in [0.15, 0.2) is 48.5 Å². The molecule has 0 saturated heterocycles. The number of ether oxygens (including phenoxy) is 2. The second kappa shape index (κ2) is 10.7. The van der Waals surface area contributed by atoms with E-state index in [1.165, 1.54) is 12.1 Å². The van der Waals surface area contributed by atoms with Gasteiger partial charge in [-0.1, -0.05) is 37.1 Å². The molecule has 0 heterocycles. The molecule has 8 nitrogen and oxygen atoms in total. The van der Waals surface area contributed by atoms with E-state index in [2.05, 4.69) is 0 Å². The number of nitrogen functional groups attached to an aromatic ring is 1. The maximum absolute atomic E-state index is 12.0. The molecule has 2 N–H and O–H groups in total. The van der Waals surface area contributed by atoms with Gasteiger partial charge in [0, 0.05) is 17.8 Å². The molecular weight excluding hydrogens is 436 g/mol. The molecule has 0 unspecified atom stereocenters. The fourth-order valence-corrected chi connectivity index (χ4v) is 4.52. The van der Waals surface area contributed by atoms with Crippen LogP contribution in [0.5, 0.6) is 0 Å². The van der Waals surface area contributed by atoms with Crippen molar-refractivity contribution < 1.29 is 24.0 Å². The zero-order valence-electron chi connectivity index (χ0n) is 19.7. The van der Waals surface area contributed by atoms with Crippen molar-refractivity contribution in [1.29, 1.82) is 0 Å². The third kappa shape index (κ3) is 4.90. The SMILES string of the molecule is CCOC(=O)C1(c2ccc(N)cc2)CCC1.CCOC(=O)C1(c2ccc([N+](=O)[O-])cc2)CCC1. The lowest BCUT2D eigenvalue weighted by molar-refractivity contribution is -0.384. The van der Waals surface area contributed by atoms with Gasteiger partial charge >= 0.3 is 11.9 Å². The molecule has 4 rings (SSSR count). The Morgan fingerprint density at radius 3 is 1.50 bits per heavy atom. The number of nitrogens with zero attached hydrogens (tertiary/aromatic N) is 1. The number of carbonyl (C=O) groups is 2. The van der Waals surface area contributed by atoms with Crippen LogP contribution < -0.4 is 5.73 Å². The number of benzene rings is 2. The van der Waals surface area contributed by atoms with Crippen molar-refractivity contribution in [3.63, 3.8) is 0 Å². The minimum Gasteiger partial charge on any atom is -0.465 e. The number of anilines is 1. The highest BCUT2D eigenvalue weighted by molar-refractivity contribution is 5.85. The van der Waals surface area contributed by atoms with Gasteiger partial charge in [0.1, 0.15) is 0 Å². The summed E-state index contributed by atoms with van der Waals surface area (Å²) in [5.41, 5.74) is 7.28. The Labute approximate surface area is 199 Å². The summed E-state index contributed by atoms with van der Waals surface area (Å²) in [6.07, 6.45) is 5.35. The van der Waals surface area contributed by atoms with Gasteiger partial charge in [0.2, 0.25) is 0 Å². The summed E-state index contributed by atoms with van der Waals surface area (Å²) in [5, 5.41) is 10.6.